The van der Waals surface area contributed by atoms with Crippen LogP contribution in [-0.2, 0) is 17.9 Å². The summed E-state index contributed by atoms with van der Waals surface area (Å²) in [6.45, 7) is 3.73. The molecule has 0 spiro atoms. The summed E-state index contributed by atoms with van der Waals surface area (Å²) < 4.78 is 7.02. The van der Waals surface area contributed by atoms with Crippen molar-refractivity contribution in [2.24, 2.45) is 0 Å². The van der Waals surface area contributed by atoms with Crippen molar-refractivity contribution in [3.8, 4) is 0 Å². The summed E-state index contributed by atoms with van der Waals surface area (Å²) in [5, 5.41) is 6.92. The minimum atomic E-state index is -0.421. The fourth-order valence-corrected chi connectivity index (χ4v) is 1.93. The van der Waals surface area contributed by atoms with Gasteiger partial charge < -0.3 is 10.1 Å². The smallest absolute Gasteiger partial charge is 0.407 e. The first-order valence-electron chi connectivity index (χ1n) is 7.41. The van der Waals surface area contributed by atoms with Crippen LogP contribution >= 0.6 is 0 Å². The number of ether oxygens (including phenoxy) is 1. The lowest BCUT2D eigenvalue weighted by molar-refractivity contribution is 0.141. The van der Waals surface area contributed by atoms with E-state index in [1.807, 2.05) is 53.4 Å². The number of amides is 1. The highest BCUT2D eigenvalue weighted by molar-refractivity contribution is 5.67. The summed E-state index contributed by atoms with van der Waals surface area (Å²) in [6.07, 6.45) is 8.22. The van der Waals surface area contributed by atoms with Gasteiger partial charge >= 0.3 is 6.09 Å². The summed E-state index contributed by atoms with van der Waals surface area (Å²) in [5.41, 5.74) is 1.99. The number of aryl methyl sites for hydroxylation is 1. The van der Waals surface area contributed by atoms with Gasteiger partial charge in [0.25, 0.3) is 0 Å². The molecule has 1 aromatic carbocycles. The monoisotopic (exact) mass is 299 g/mol. The van der Waals surface area contributed by atoms with Gasteiger partial charge in [0.2, 0.25) is 0 Å². The third kappa shape index (κ3) is 5.44. The molecule has 0 unspecified atom stereocenters. The molecule has 2 rings (SSSR count). The number of nitrogens with one attached hydrogen (secondary N) is 1. The summed E-state index contributed by atoms with van der Waals surface area (Å²) in [4.78, 5) is 11.5. The molecule has 0 saturated carbocycles. The number of aromatic nitrogens is 2. The van der Waals surface area contributed by atoms with E-state index in [1.165, 1.54) is 0 Å². The Kier molecular flexibility index (Phi) is 6.23. The van der Waals surface area contributed by atoms with Crippen LogP contribution in [0.15, 0.2) is 48.8 Å². The molecule has 0 aliphatic carbocycles. The number of rotatable bonds is 7. The van der Waals surface area contributed by atoms with Crippen molar-refractivity contribution in [2.45, 2.75) is 26.5 Å². The predicted molar refractivity (Wildman–Crippen MR) is 86.2 cm³/mol. The van der Waals surface area contributed by atoms with Gasteiger partial charge in [0.1, 0.15) is 6.61 Å². The summed E-state index contributed by atoms with van der Waals surface area (Å²) in [5.74, 6) is 0. The van der Waals surface area contributed by atoms with Crippen molar-refractivity contribution in [3.05, 3.63) is 59.9 Å². The number of carbonyl (C=O) groups is 1. The molecule has 0 aliphatic rings. The van der Waals surface area contributed by atoms with E-state index in [4.69, 9.17) is 4.74 Å². The first kappa shape index (κ1) is 15.8. The molecule has 1 amide bonds. The Balaban J connectivity index is 1.66. The van der Waals surface area contributed by atoms with Gasteiger partial charge in [-0.05, 0) is 12.0 Å². The molecule has 0 aliphatic heterocycles. The molecule has 1 aromatic heterocycles. The highest BCUT2D eigenvalue weighted by Crippen LogP contribution is 2.02. The molecule has 5 nitrogen and oxygen atoms in total. The number of carbonyl (C=O) groups excluding carboxylic acids is 1. The Bertz CT molecular complexity index is 605. The number of alkyl carbamates (subject to hydrolysis) is 1. The van der Waals surface area contributed by atoms with E-state index in [9.17, 15) is 4.79 Å². The van der Waals surface area contributed by atoms with Crippen molar-refractivity contribution in [2.75, 3.05) is 6.54 Å². The Hall–Kier alpha value is -2.56. The predicted octanol–water partition coefficient (Wildman–Crippen LogP) is 3.23. The Morgan fingerprint density at radius 1 is 1.36 bits per heavy atom. The molecule has 0 fully saturated rings. The second kappa shape index (κ2) is 8.67. The largest absolute Gasteiger partial charge is 0.445 e. The quantitative estimate of drug-likeness (QED) is 0.854. The minimum absolute atomic E-state index is 0.278. The lowest BCUT2D eigenvalue weighted by Gasteiger charge is -2.05. The first-order chi connectivity index (χ1) is 10.8. The standard InChI is InChI=1S/C17H21N3O2/c1-2-11-20-13-16(12-19-20)9-6-10-18-17(21)22-14-15-7-4-3-5-8-15/h3-9,12-13H,2,10-11,14H2,1H3,(H,18,21). The maximum atomic E-state index is 11.5. The van der Waals surface area contributed by atoms with E-state index in [0.717, 1.165) is 24.1 Å². The molecule has 5 heteroatoms. The van der Waals surface area contributed by atoms with E-state index in [0.29, 0.717) is 6.54 Å². The van der Waals surface area contributed by atoms with Crippen molar-refractivity contribution in [1.29, 1.82) is 0 Å². The van der Waals surface area contributed by atoms with E-state index >= 15 is 0 Å². The second-order valence-electron chi connectivity index (χ2n) is 4.88. The highest BCUT2D eigenvalue weighted by atomic mass is 16.5. The summed E-state index contributed by atoms with van der Waals surface area (Å²) in [7, 11) is 0. The number of hydrogen-bond acceptors (Lipinski definition) is 3. The molecule has 0 bridgehead atoms. The van der Waals surface area contributed by atoms with Gasteiger partial charge in [0.05, 0.1) is 6.20 Å². The molecule has 116 valence electrons. The van der Waals surface area contributed by atoms with Crippen LogP contribution < -0.4 is 5.32 Å². The average molecular weight is 299 g/mol. The van der Waals surface area contributed by atoms with Crippen LogP contribution in [0.1, 0.15) is 24.5 Å². The first-order valence-corrected chi connectivity index (χ1v) is 7.41. The number of nitrogens with zero attached hydrogens (tertiary/aromatic N) is 2. The van der Waals surface area contributed by atoms with Gasteiger partial charge in [-0.2, -0.15) is 5.10 Å². The number of hydrogen-bond donors (Lipinski definition) is 1. The van der Waals surface area contributed by atoms with Gasteiger partial charge in [0, 0.05) is 24.8 Å². The van der Waals surface area contributed by atoms with Crippen LogP contribution in [0.4, 0.5) is 4.79 Å². The fraction of sp³-hybridized carbons (Fsp3) is 0.294. The van der Waals surface area contributed by atoms with Crippen LogP contribution in [0, 0.1) is 0 Å². The Morgan fingerprint density at radius 2 is 2.18 bits per heavy atom. The van der Waals surface area contributed by atoms with Crippen LogP contribution in [0.25, 0.3) is 6.08 Å². The van der Waals surface area contributed by atoms with Gasteiger partial charge in [-0.15, -0.1) is 0 Å². The van der Waals surface area contributed by atoms with Crippen LogP contribution in [-0.4, -0.2) is 22.4 Å². The van der Waals surface area contributed by atoms with Gasteiger partial charge in [-0.25, -0.2) is 4.79 Å². The Labute approximate surface area is 130 Å². The fourth-order valence-electron chi connectivity index (χ4n) is 1.93. The normalized spacial score (nSPS) is 10.8. The lowest BCUT2D eigenvalue weighted by atomic mass is 10.2. The van der Waals surface area contributed by atoms with E-state index < -0.39 is 6.09 Å². The summed E-state index contributed by atoms with van der Waals surface area (Å²) >= 11 is 0. The molecule has 1 heterocycles. The molecule has 2 aromatic rings. The maximum absolute atomic E-state index is 11.5. The number of benzene rings is 1. The molecular weight excluding hydrogens is 278 g/mol. The van der Waals surface area contributed by atoms with E-state index in [1.54, 1.807) is 6.20 Å². The van der Waals surface area contributed by atoms with E-state index in [2.05, 4.69) is 17.3 Å². The molecule has 22 heavy (non-hydrogen) atoms. The summed E-state index contributed by atoms with van der Waals surface area (Å²) in [6, 6.07) is 9.59. The van der Waals surface area contributed by atoms with Crippen LogP contribution in [0.5, 0.6) is 0 Å². The molecule has 1 N–H and O–H groups in total. The minimum Gasteiger partial charge on any atom is -0.445 e. The van der Waals surface area contributed by atoms with Gasteiger partial charge in [-0.1, -0.05) is 49.4 Å². The highest BCUT2D eigenvalue weighted by Gasteiger charge is 2.00. The molecule has 0 atom stereocenters. The third-order valence-corrected chi connectivity index (χ3v) is 2.99. The molecular formula is C17H21N3O2. The zero-order valence-electron chi connectivity index (χ0n) is 12.7. The zero-order valence-corrected chi connectivity index (χ0v) is 12.7. The molecule has 0 saturated heterocycles. The van der Waals surface area contributed by atoms with Crippen molar-refractivity contribution >= 4 is 12.2 Å². The average Bonchev–Trinajstić information content (AvgIpc) is 2.98. The maximum Gasteiger partial charge on any atom is 0.407 e. The second-order valence-corrected chi connectivity index (χ2v) is 4.88. The zero-order chi connectivity index (χ0) is 15.6. The van der Waals surface area contributed by atoms with E-state index in [-0.39, 0.29) is 6.61 Å². The topological polar surface area (TPSA) is 56.2 Å². The lowest BCUT2D eigenvalue weighted by Crippen LogP contribution is -2.24. The van der Waals surface area contributed by atoms with Gasteiger partial charge in [0.15, 0.2) is 0 Å². The molecule has 0 radical (unpaired) electrons. The van der Waals surface area contributed by atoms with Crippen LogP contribution in [0.3, 0.4) is 0 Å². The Morgan fingerprint density at radius 3 is 2.95 bits per heavy atom. The van der Waals surface area contributed by atoms with Crippen molar-refractivity contribution < 1.29 is 9.53 Å². The van der Waals surface area contributed by atoms with Crippen LogP contribution in [0.2, 0.25) is 0 Å². The van der Waals surface area contributed by atoms with Crippen molar-refractivity contribution in [3.63, 3.8) is 0 Å². The van der Waals surface area contributed by atoms with Crippen molar-refractivity contribution in [1.82, 2.24) is 15.1 Å². The van der Waals surface area contributed by atoms with Gasteiger partial charge in [-0.3, -0.25) is 4.68 Å². The third-order valence-electron chi connectivity index (χ3n) is 2.99. The SMILES string of the molecule is CCCn1cc(C=CCNC(=O)OCc2ccccc2)cn1.